The summed E-state index contributed by atoms with van der Waals surface area (Å²) < 4.78 is 6.62. The second-order valence-electron chi connectivity index (χ2n) is 14.2. The first-order chi connectivity index (χ1) is 24.4. The van der Waals surface area contributed by atoms with E-state index in [1.165, 1.54) is 54.4 Å². The van der Waals surface area contributed by atoms with Crippen LogP contribution in [-0.2, 0) is 5.41 Å². The molecule has 0 fully saturated rings. The molecular weight excluding hydrogens is 607 g/mol. The molecule has 0 aliphatic heterocycles. The van der Waals surface area contributed by atoms with Crippen LogP contribution in [0, 0.1) is 0 Å². The molecule has 0 atom stereocenters. The Labute approximate surface area is 292 Å². The van der Waals surface area contributed by atoms with Crippen LogP contribution in [0.15, 0.2) is 174 Å². The third-order valence-corrected chi connectivity index (χ3v) is 9.91. The molecule has 50 heavy (non-hydrogen) atoms. The summed E-state index contributed by atoms with van der Waals surface area (Å²) in [6.45, 7) is 6.79. The first kappa shape index (κ1) is 30.0. The van der Waals surface area contributed by atoms with E-state index in [1.807, 2.05) is 6.07 Å². The van der Waals surface area contributed by atoms with Gasteiger partial charge in [-0.15, -0.1) is 0 Å². The van der Waals surface area contributed by atoms with Gasteiger partial charge in [-0.05, 0) is 97.4 Å². The van der Waals surface area contributed by atoms with Crippen molar-refractivity contribution in [2.45, 2.75) is 26.2 Å². The Kier molecular flexibility index (Phi) is 7.07. The molecule has 0 N–H and O–H groups in total. The molecule has 9 rings (SSSR count). The number of hydrogen-bond donors (Lipinski definition) is 0. The first-order valence-electron chi connectivity index (χ1n) is 17.3. The van der Waals surface area contributed by atoms with Gasteiger partial charge in [0.2, 0.25) is 0 Å². The van der Waals surface area contributed by atoms with Crippen molar-refractivity contribution in [2.24, 2.45) is 0 Å². The van der Waals surface area contributed by atoms with Gasteiger partial charge in [-0.25, -0.2) is 0 Å². The summed E-state index contributed by atoms with van der Waals surface area (Å²) in [5.41, 5.74) is 8.78. The Balaban J connectivity index is 1.16. The molecule has 0 unspecified atom stereocenters. The maximum absolute atomic E-state index is 6.62. The highest BCUT2D eigenvalue weighted by Gasteiger charge is 2.26. The van der Waals surface area contributed by atoms with Crippen molar-refractivity contribution in [3.63, 3.8) is 0 Å². The minimum atomic E-state index is -0.0956. The van der Waals surface area contributed by atoms with Gasteiger partial charge in [-0.2, -0.15) is 0 Å². The zero-order valence-electron chi connectivity index (χ0n) is 28.5. The second kappa shape index (κ2) is 11.8. The molecule has 0 saturated carbocycles. The minimum absolute atomic E-state index is 0.0956. The molecule has 2 heteroatoms. The Morgan fingerprint density at radius 3 is 1.84 bits per heavy atom. The lowest BCUT2D eigenvalue weighted by Crippen LogP contribution is -2.12. The molecule has 0 radical (unpaired) electrons. The third-order valence-electron chi connectivity index (χ3n) is 9.91. The van der Waals surface area contributed by atoms with Gasteiger partial charge >= 0.3 is 0 Å². The van der Waals surface area contributed by atoms with E-state index in [0.717, 1.165) is 34.0 Å². The summed E-state index contributed by atoms with van der Waals surface area (Å²) in [6, 6.07) is 61.3. The average molecular weight is 644 g/mol. The van der Waals surface area contributed by atoms with Crippen molar-refractivity contribution in [3.8, 4) is 22.5 Å². The van der Waals surface area contributed by atoms with Gasteiger partial charge in [0.15, 0.2) is 0 Å². The van der Waals surface area contributed by atoms with Gasteiger partial charge in [-0.3, -0.25) is 0 Å². The predicted molar refractivity (Wildman–Crippen MR) is 213 cm³/mol. The Hall–Kier alpha value is -6.12. The van der Waals surface area contributed by atoms with E-state index < -0.39 is 0 Å². The van der Waals surface area contributed by atoms with Crippen molar-refractivity contribution in [3.05, 3.63) is 175 Å². The second-order valence-corrected chi connectivity index (χ2v) is 14.2. The highest BCUT2D eigenvalue weighted by atomic mass is 16.3. The van der Waals surface area contributed by atoms with Gasteiger partial charge in [0.25, 0.3) is 0 Å². The van der Waals surface area contributed by atoms with E-state index in [1.54, 1.807) is 0 Å². The van der Waals surface area contributed by atoms with Crippen LogP contribution in [0.25, 0.3) is 65.7 Å². The van der Waals surface area contributed by atoms with Crippen LogP contribution in [0.2, 0.25) is 0 Å². The van der Waals surface area contributed by atoms with Gasteiger partial charge in [0, 0.05) is 33.6 Å². The Bertz CT molecular complexity index is 2690. The lowest BCUT2D eigenvalue weighted by atomic mass is 9.83. The van der Waals surface area contributed by atoms with Crippen LogP contribution in [0.5, 0.6) is 0 Å². The van der Waals surface area contributed by atoms with Crippen LogP contribution in [0.1, 0.15) is 26.3 Å². The summed E-state index contributed by atoms with van der Waals surface area (Å²) in [4.78, 5) is 2.35. The molecule has 8 aromatic carbocycles. The summed E-state index contributed by atoms with van der Waals surface area (Å²) in [6.07, 6.45) is 0. The van der Waals surface area contributed by atoms with Crippen LogP contribution < -0.4 is 4.90 Å². The molecule has 1 aromatic heterocycles. The Morgan fingerprint density at radius 1 is 0.400 bits per heavy atom. The number of para-hydroxylation sites is 1. The topological polar surface area (TPSA) is 16.4 Å². The maximum Gasteiger partial charge on any atom is 0.139 e. The van der Waals surface area contributed by atoms with E-state index in [4.69, 9.17) is 4.42 Å². The minimum Gasteiger partial charge on any atom is -0.456 e. The number of fused-ring (bicyclic) bond motifs is 5. The summed E-state index contributed by atoms with van der Waals surface area (Å²) >= 11 is 0. The number of hydrogen-bond acceptors (Lipinski definition) is 2. The van der Waals surface area contributed by atoms with E-state index in [-0.39, 0.29) is 5.41 Å². The Morgan fingerprint density at radius 2 is 1.02 bits per heavy atom. The normalized spacial score (nSPS) is 11.9. The molecule has 0 amide bonds. The number of nitrogens with zero attached hydrogens (tertiary/aromatic N) is 1. The van der Waals surface area contributed by atoms with Crippen molar-refractivity contribution in [1.82, 2.24) is 0 Å². The van der Waals surface area contributed by atoms with Crippen LogP contribution >= 0.6 is 0 Å². The molecule has 0 bridgehead atoms. The molecule has 240 valence electrons. The molecule has 0 aliphatic rings. The molecular formula is C48H37NO. The monoisotopic (exact) mass is 643 g/mol. The fraction of sp³-hybridized carbons (Fsp3) is 0.0833. The number of anilines is 3. The standard InChI is InChI=1S/C48H37NO/c1-48(2,3)46-44-17-8-9-18-45(44)50-47(46)38-14-10-15-40(31-38)49(41-27-23-32-11-4-5-13-35(32)30-41)39-25-21-33(22-26-39)36-24-28-43-37(29-36)20-19-34-12-6-7-16-42(34)43/h4-31H,1-3H3. The summed E-state index contributed by atoms with van der Waals surface area (Å²) in [7, 11) is 0. The lowest BCUT2D eigenvalue weighted by Gasteiger charge is -2.27. The largest absolute Gasteiger partial charge is 0.456 e. The van der Waals surface area contributed by atoms with Gasteiger partial charge < -0.3 is 9.32 Å². The molecule has 2 nitrogen and oxygen atoms in total. The zero-order valence-corrected chi connectivity index (χ0v) is 28.5. The van der Waals surface area contributed by atoms with E-state index >= 15 is 0 Å². The van der Waals surface area contributed by atoms with Crippen LogP contribution in [0.3, 0.4) is 0 Å². The van der Waals surface area contributed by atoms with Crippen molar-refractivity contribution in [2.75, 3.05) is 4.90 Å². The third kappa shape index (κ3) is 5.21. The average Bonchev–Trinajstić information content (AvgIpc) is 3.56. The molecule has 0 saturated heterocycles. The summed E-state index contributed by atoms with van der Waals surface area (Å²) in [5, 5.41) is 8.69. The van der Waals surface area contributed by atoms with Crippen molar-refractivity contribution >= 4 is 60.3 Å². The quantitative estimate of drug-likeness (QED) is 0.174. The SMILES string of the molecule is CC(C)(C)c1c(-c2cccc(N(c3ccc(-c4ccc5c(ccc6ccccc65)c4)cc3)c3ccc4ccccc4c3)c2)oc2ccccc12. The molecule has 9 aromatic rings. The molecule has 0 spiro atoms. The van der Waals surface area contributed by atoms with Gasteiger partial charge in [-0.1, -0.05) is 142 Å². The van der Waals surface area contributed by atoms with Gasteiger partial charge in [0.1, 0.15) is 11.3 Å². The van der Waals surface area contributed by atoms with E-state index in [9.17, 15) is 0 Å². The summed E-state index contributed by atoms with van der Waals surface area (Å²) in [5.74, 6) is 0.929. The maximum atomic E-state index is 6.62. The number of rotatable bonds is 5. The fourth-order valence-corrected chi connectivity index (χ4v) is 7.54. The highest BCUT2D eigenvalue weighted by Crippen LogP contribution is 2.44. The van der Waals surface area contributed by atoms with Crippen molar-refractivity contribution < 1.29 is 4.42 Å². The van der Waals surface area contributed by atoms with Crippen molar-refractivity contribution in [1.29, 1.82) is 0 Å². The molecule has 1 heterocycles. The van der Waals surface area contributed by atoms with Crippen LogP contribution in [0.4, 0.5) is 17.1 Å². The van der Waals surface area contributed by atoms with Gasteiger partial charge in [0.05, 0.1) is 0 Å². The smallest absolute Gasteiger partial charge is 0.139 e. The first-order valence-corrected chi connectivity index (χ1v) is 17.3. The highest BCUT2D eigenvalue weighted by molar-refractivity contribution is 6.08. The number of benzene rings is 8. The van der Waals surface area contributed by atoms with E-state index in [2.05, 4.69) is 189 Å². The fourth-order valence-electron chi connectivity index (χ4n) is 7.54. The van der Waals surface area contributed by atoms with Crippen LogP contribution in [-0.4, -0.2) is 0 Å². The number of furan rings is 1. The van der Waals surface area contributed by atoms with E-state index in [0.29, 0.717) is 0 Å². The predicted octanol–water partition coefficient (Wildman–Crippen LogP) is 14.0. The molecule has 0 aliphatic carbocycles. The lowest BCUT2D eigenvalue weighted by molar-refractivity contribution is 0.568. The zero-order chi connectivity index (χ0) is 33.8.